The molecule has 3 aromatic rings. The van der Waals surface area contributed by atoms with Crippen molar-refractivity contribution in [1.82, 2.24) is 5.32 Å². The lowest BCUT2D eigenvalue weighted by molar-refractivity contribution is -0.118. The number of hydrogen-bond acceptors (Lipinski definition) is 5. The van der Waals surface area contributed by atoms with Crippen molar-refractivity contribution in [2.45, 2.75) is 12.5 Å². The quantitative estimate of drug-likeness (QED) is 0.688. The molecule has 4 rings (SSSR count). The zero-order valence-electron chi connectivity index (χ0n) is 14.9. The van der Waals surface area contributed by atoms with E-state index < -0.39 is 11.9 Å². The molecule has 1 aliphatic heterocycles. The monoisotopic (exact) mass is 378 g/mol. The number of ether oxygens (including phenoxy) is 2. The SMILES string of the molecule is O=C(N[C@@H](Cc1ccccc1)C(=O)Nc1ccc2c(c1)OCO2)c1ccco1. The molecule has 28 heavy (non-hydrogen) atoms. The number of carbonyl (C=O) groups excluding carboxylic acids is 2. The molecule has 0 saturated heterocycles. The number of carbonyl (C=O) groups is 2. The van der Waals surface area contributed by atoms with E-state index >= 15 is 0 Å². The van der Waals surface area contributed by atoms with Gasteiger partial charge in [-0.25, -0.2) is 0 Å². The van der Waals surface area contributed by atoms with Crippen LogP contribution in [0.15, 0.2) is 71.3 Å². The Bertz CT molecular complexity index is 970. The van der Waals surface area contributed by atoms with Gasteiger partial charge in [-0.05, 0) is 29.8 Å². The fraction of sp³-hybridized carbons (Fsp3) is 0.143. The fourth-order valence-corrected chi connectivity index (χ4v) is 2.90. The molecule has 0 saturated carbocycles. The van der Waals surface area contributed by atoms with E-state index in [1.165, 1.54) is 6.26 Å². The van der Waals surface area contributed by atoms with Crippen LogP contribution in [-0.4, -0.2) is 24.6 Å². The van der Waals surface area contributed by atoms with Gasteiger partial charge in [0.2, 0.25) is 12.7 Å². The van der Waals surface area contributed by atoms with Crippen LogP contribution < -0.4 is 20.1 Å². The number of nitrogens with one attached hydrogen (secondary N) is 2. The van der Waals surface area contributed by atoms with Crippen molar-refractivity contribution in [2.75, 3.05) is 12.1 Å². The van der Waals surface area contributed by atoms with Gasteiger partial charge in [-0.1, -0.05) is 30.3 Å². The van der Waals surface area contributed by atoms with Gasteiger partial charge in [0.15, 0.2) is 17.3 Å². The lowest BCUT2D eigenvalue weighted by atomic mass is 10.0. The van der Waals surface area contributed by atoms with E-state index in [9.17, 15) is 9.59 Å². The third-order valence-electron chi connectivity index (χ3n) is 4.29. The van der Waals surface area contributed by atoms with Crippen LogP contribution in [0.1, 0.15) is 16.1 Å². The van der Waals surface area contributed by atoms with Gasteiger partial charge in [0.25, 0.3) is 5.91 Å². The molecule has 7 nitrogen and oxygen atoms in total. The Labute approximate surface area is 161 Å². The standard InChI is InChI=1S/C21H18N2O5/c24-20(22-15-8-9-17-19(12-15)28-13-27-17)16(11-14-5-2-1-3-6-14)23-21(25)18-7-4-10-26-18/h1-10,12,16H,11,13H2,(H,22,24)(H,23,25)/t16-/m0/s1. The summed E-state index contributed by atoms with van der Waals surface area (Å²) in [7, 11) is 0. The maximum absolute atomic E-state index is 12.9. The van der Waals surface area contributed by atoms with Gasteiger partial charge in [-0.2, -0.15) is 0 Å². The number of hydrogen-bond donors (Lipinski definition) is 2. The molecule has 142 valence electrons. The maximum Gasteiger partial charge on any atom is 0.287 e. The number of furan rings is 1. The maximum atomic E-state index is 12.9. The number of anilines is 1. The topological polar surface area (TPSA) is 89.8 Å². The Kier molecular flexibility index (Phi) is 4.97. The second-order valence-electron chi connectivity index (χ2n) is 6.25. The summed E-state index contributed by atoms with van der Waals surface area (Å²) in [5.41, 5.74) is 1.48. The molecule has 2 amide bonds. The summed E-state index contributed by atoms with van der Waals surface area (Å²) in [6.07, 6.45) is 1.75. The molecule has 0 radical (unpaired) electrons. The zero-order valence-corrected chi connectivity index (χ0v) is 14.9. The van der Waals surface area contributed by atoms with Gasteiger partial charge in [0, 0.05) is 18.2 Å². The average Bonchev–Trinajstić information content (AvgIpc) is 3.40. The Morgan fingerprint density at radius 2 is 1.79 bits per heavy atom. The third kappa shape index (κ3) is 3.98. The van der Waals surface area contributed by atoms with Crippen molar-refractivity contribution in [3.63, 3.8) is 0 Å². The summed E-state index contributed by atoms with van der Waals surface area (Å²) in [4.78, 5) is 25.3. The highest BCUT2D eigenvalue weighted by molar-refractivity contribution is 6.00. The molecule has 1 atom stereocenters. The van der Waals surface area contributed by atoms with Crippen LogP contribution >= 0.6 is 0 Å². The summed E-state index contributed by atoms with van der Waals surface area (Å²) in [5.74, 6) is 0.547. The van der Waals surface area contributed by atoms with Gasteiger partial charge >= 0.3 is 0 Å². The molecule has 1 aliphatic rings. The second kappa shape index (κ2) is 7.87. The minimum absolute atomic E-state index is 0.147. The van der Waals surface area contributed by atoms with Crippen LogP contribution in [-0.2, 0) is 11.2 Å². The van der Waals surface area contributed by atoms with Gasteiger partial charge in [-0.15, -0.1) is 0 Å². The molecule has 0 spiro atoms. The number of benzene rings is 2. The van der Waals surface area contributed by atoms with Gasteiger partial charge < -0.3 is 24.5 Å². The van der Waals surface area contributed by atoms with Crippen LogP contribution in [0.3, 0.4) is 0 Å². The number of fused-ring (bicyclic) bond motifs is 1. The minimum atomic E-state index is -0.787. The van der Waals surface area contributed by atoms with Gasteiger partial charge in [0.05, 0.1) is 6.26 Å². The lowest BCUT2D eigenvalue weighted by Gasteiger charge is -2.18. The van der Waals surface area contributed by atoms with Crippen molar-refractivity contribution in [1.29, 1.82) is 0 Å². The second-order valence-corrected chi connectivity index (χ2v) is 6.25. The zero-order chi connectivity index (χ0) is 19.3. The first-order chi connectivity index (χ1) is 13.7. The molecular formula is C21H18N2O5. The minimum Gasteiger partial charge on any atom is -0.459 e. The number of rotatable bonds is 6. The molecule has 2 aromatic carbocycles. The highest BCUT2D eigenvalue weighted by Crippen LogP contribution is 2.34. The van der Waals surface area contributed by atoms with E-state index in [2.05, 4.69) is 10.6 Å². The molecule has 2 heterocycles. The summed E-state index contributed by atoms with van der Waals surface area (Å²) in [6, 6.07) is 17.0. The first kappa shape index (κ1) is 17.7. The van der Waals surface area contributed by atoms with Crippen LogP contribution in [0, 0.1) is 0 Å². The van der Waals surface area contributed by atoms with E-state index in [1.54, 1.807) is 30.3 Å². The predicted molar refractivity (Wildman–Crippen MR) is 101 cm³/mol. The van der Waals surface area contributed by atoms with Crippen LogP contribution in [0.2, 0.25) is 0 Å². The Morgan fingerprint density at radius 3 is 2.57 bits per heavy atom. The molecular weight excluding hydrogens is 360 g/mol. The van der Waals surface area contributed by atoms with Crippen molar-refractivity contribution < 1.29 is 23.5 Å². The summed E-state index contributed by atoms with van der Waals surface area (Å²) >= 11 is 0. The first-order valence-electron chi connectivity index (χ1n) is 8.78. The molecule has 1 aromatic heterocycles. The molecule has 0 unspecified atom stereocenters. The van der Waals surface area contributed by atoms with E-state index in [1.807, 2.05) is 30.3 Å². The molecule has 0 aliphatic carbocycles. The molecule has 0 fully saturated rings. The highest BCUT2D eigenvalue weighted by atomic mass is 16.7. The molecule has 2 N–H and O–H groups in total. The smallest absolute Gasteiger partial charge is 0.287 e. The van der Waals surface area contributed by atoms with Crippen LogP contribution in [0.25, 0.3) is 0 Å². The first-order valence-corrected chi connectivity index (χ1v) is 8.78. The molecule has 7 heteroatoms. The normalized spacial score (nSPS) is 13.0. The fourth-order valence-electron chi connectivity index (χ4n) is 2.90. The van der Waals surface area contributed by atoms with Crippen molar-refractivity contribution in [3.8, 4) is 11.5 Å². The summed E-state index contributed by atoms with van der Waals surface area (Å²) in [6.45, 7) is 0.155. The Morgan fingerprint density at radius 1 is 0.964 bits per heavy atom. The van der Waals surface area contributed by atoms with Gasteiger partial charge in [-0.3, -0.25) is 9.59 Å². The van der Waals surface area contributed by atoms with E-state index in [0.717, 1.165) is 5.56 Å². The van der Waals surface area contributed by atoms with Crippen LogP contribution in [0.4, 0.5) is 5.69 Å². The van der Waals surface area contributed by atoms with Crippen molar-refractivity contribution >= 4 is 17.5 Å². The van der Waals surface area contributed by atoms with E-state index in [4.69, 9.17) is 13.9 Å². The van der Waals surface area contributed by atoms with E-state index in [0.29, 0.717) is 23.6 Å². The predicted octanol–water partition coefficient (Wildman–Crippen LogP) is 2.99. The Hall–Kier alpha value is -3.74. The summed E-state index contributed by atoms with van der Waals surface area (Å²) in [5, 5.41) is 5.56. The van der Waals surface area contributed by atoms with E-state index in [-0.39, 0.29) is 18.5 Å². The van der Waals surface area contributed by atoms with Crippen LogP contribution in [0.5, 0.6) is 11.5 Å². The lowest BCUT2D eigenvalue weighted by Crippen LogP contribution is -2.45. The number of amides is 2. The average molecular weight is 378 g/mol. The Balaban J connectivity index is 1.51. The van der Waals surface area contributed by atoms with Gasteiger partial charge in [0.1, 0.15) is 6.04 Å². The largest absolute Gasteiger partial charge is 0.459 e. The van der Waals surface area contributed by atoms with Crippen molar-refractivity contribution in [2.24, 2.45) is 0 Å². The molecule has 0 bridgehead atoms. The summed E-state index contributed by atoms with van der Waals surface area (Å²) < 4.78 is 15.7. The highest BCUT2D eigenvalue weighted by Gasteiger charge is 2.24. The van der Waals surface area contributed by atoms with Crippen molar-refractivity contribution in [3.05, 3.63) is 78.3 Å². The third-order valence-corrected chi connectivity index (χ3v) is 4.29.